The second-order valence-electron chi connectivity index (χ2n) is 2.99. The first-order chi connectivity index (χ1) is 6.20. The highest BCUT2D eigenvalue weighted by atomic mass is 32.1. The molecule has 72 valence electrons. The third-order valence-electron chi connectivity index (χ3n) is 2.21. The minimum atomic E-state index is -1.65. The van der Waals surface area contributed by atoms with E-state index in [1.807, 2.05) is 0 Å². The highest BCUT2D eigenvalue weighted by Gasteiger charge is 2.33. The molecule has 2 nitrogen and oxygen atoms in total. The predicted molar refractivity (Wildman–Crippen MR) is 49.4 cm³/mol. The summed E-state index contributed by atoms with van der Waals surface area (Å²) in [5.74, 6) is -1.35. The molecular weight excluding hydrogens is 194 g/mol. The molecule has 0 bridgehead atoms. The number of hydrogen-bond donors (Lipinski definition) is 1. The van der Waals surface area contributed by atoms with Crippen LogP contribution in [0, 0.1) is 11.4 Å². The second-order valence-corrected chi connectivity index (χ2v) is 3.26. The van der Waals surface area contributed by atoms with E-state index in [9.17, 15) is 8.78 Å². The lowest BCUT2D eigenvalue weighted by atomic mass is 9.87. The highest BCUT2D eigenvalue weighted by molar-refractivity contribution is 7.79. The van der Waals surface area contributed by atoms with Gasteiger partial charge in [0.2, 0.25) is 0 Å². The van der Waals surface area contributed by atoms with Gasteiger partial charge in [-0.05, 0) is 18.9 Å². The third kappa shape index (κ3) is 2.15. The second kappa shape index (κ2) is 4.50. The first-order valence-electron chi connectivity index (χ1n) is 4.02. The Morgan fingerprint density at radius 1 is 1.77 bits per heavy atom. The highest BCUT2D eigenvalue weighted by Crippen LogP contribution is 2.31. The fraction of sp³-hybridized carbons (Fsp3) is 0.625. The number of nitrogens with zero attached hydrogens (tertiary/aromatic N) is 1. The monoisotopic (exact) mass is 204 g/mol. The van der Waals surface area contributed by atoms with Crippen LogP contribution in [0.25, 0.3) is 0 Å². The number of allylic oxidation sites excluding steroid dienone is 2. The minimum absolute atomic E-state index is 0.492. The van der Waals surface area contributed by atoms with Crippen molar-refractivity contribution in [3.05, 3.63) is 11.9 Å². The van der Waals surface area contributed by atoms with E-state index in [1.54, 1.807) is 0 Å². The summed E-state index contributed by atoms with van der Waals surface area (Å²) in [4.78, 5) is 0. The van der Waals surface area contributed by atoms with E-state index < -0.39 is 24.0 Å². The lowest BCUT2D eigenvalue weighted by molar-refractivity contribution is 0.199. The molecule has 5 heteroatoms. The van der Waals surface area contributed by atoms with E-state index in [1.165, 1.54) is 11.4 Å². The zero-order valence-corrected chi connectivity index (χ0v) is 7.73. The lowest BCUT2D eigenvalue weighted by Crippen LogP contribution is -2.31. The maximum atomic E-state index is 13.2. The Balaban J connectivity index is 2.75. The number of rotatable bonds is 3. The van der Waals surface area contributed by atoms with Crippen LogP contribution >= 0.6 is 12.2 Å². The quantitative estimate of drug-likeness (QED) is 0.556. The average Bonchev–Trinajstić information content (AvgIpc) is 2.14. The predicted octanol–water partition coefficient (Wildman–Crippen LogP) is 2.99. The van der Waals surface area contributed by atoms with E-state index in [2.05, 4.69) is 17.3 Å². The number of thiocarbonyl (C=S) groups is 1. The SMILES string of the molecule is N=NC(C=S)C1CCC=C(F)C1F. The zero-order valence-electron chi connectivity index (χ0n) is 6.91. The van der Waals surface area contributed by atoms with Gasteiger partial charge >= 0.3 is 0 Å². The Morgan fingerprint density at radius 2 is 2.46 bits per heavy atom. The zero-order chi connectivity index (χ0) is 9.84. The van der Waals surface area contributed by atoms with Crippen LogP contribution < -0.4 is 0 Å². The van der Waals surface area contributed by atoms with Crippen molar-refractivity contribution in [1.82, 2.24) is 0 Å². The Kier molecular flexibility index (Phi) is 3.59. The van der Waals surface area contributed by atoms with Crippen molar-refractivity contribution in [3.8, 4) is 0 Å². The molecule has 0 saturated carbocycles. The van der Waals surface area contributed by atoms with Crippen molar-refractivity contribution in [2.24, 2.45) is 11.0 Å². The van der Waals surface area contributed by atoms with E-state index in [4.69, 9.17) is 5.53 Å². The van der Waals surface area contributed by atoms with Gasteiger partial charge in [0.1, 0.15) is 11.9 Å². The molecule has 1 aliphatic rings. The van der Waals surface area contributed by atoms with E-state index >= 15 is 0 Å². The molecule has 0 saturated heterocycles. The van der Waals surface area contributed by atoms with Gasteiger partial charge < -0.3 is 0 Å². The molecule has 0 fully saturated rings. The van der Waals surface area contributed by atoms with Crippen LogP contribution in [-0.4, -0.2) is 17.6 Å². The first kappa shape index (κ1) is 10.4. The fourth-order valence-electron chi connectivity index (χ4n) is 1.45. The van der Waals surface area contributed by atoms with Crippen LogP contribution in [0.2, 0.25) is 0 Å². The molecule has 0 aromatic carbocycles. The molecule has 3 atom stereocenters. The van der Waals surface area contributed by atoms with Gasteiger partial charge in [-0.25, -0.2) is 14.3 Å². The lowest BCUT2D eigenvalue weighted by Gasteiger charge is -2.25. The molecule has 0 aliphatic heterocycles. The Hall–Kier alpha value is -0.710. The topological polar surface area (TPSA) is 36.2 Å². The van der Waals surface area contributed by atoms with Crippen molar-refractivity contribution < 1.29 is 8.78 Å². The summed E-state index contributed by atoms with van der Waals surface area (Å²) >= 11 is 4.60. The van der Waals surface area contributed by atoms with Crippen molar-refractivity contribution >= 4 is 17.6 Å². The molecule has 1 rings (SSSR count). The summed E-state index contributed by atoms with van der Waals surface area (Å²) in [6, 6.07) is -0.676. The van der Waals surface area contributed by atoms with Crippen molar-refractivity contribution in [1.29, 1.82) is 5.53 Å². The molecule has 0 heterocycles. The maximum Gasteiger partial charge on any atom is 0.156 e. The van der Waals surface area contributed by atoms with Gasteiger partial charge in [0.25, 0.3) is 0 Å². The number of alkyl halides is 1. The molecular formula is C8H10F2N2S. The molecule has 0 radical (unpaired) electrons. The maximum absolute atomic E-state index is 13.2. The average molecular weight is 204 g/mol. The Bertz CT molecular complexity index is 234. The van der Waals surface area contributed by atoms with Gasteiger partial charge in [0.15, 0.2) is 6.17 Å². The van der Waals surface area contributed by atoms with Crippen LogP contribution in [0.4, 0.5) is 8.78 Å². The smallest absolute Gasteiger partial charge is 0.156 e. The normalized spacial score (nSPS) is 30.5. The molecule has 13 heavy (non-hydrogen) atoms. The molecule has 1 aliphatic carbocycles. The first-order valence-corrected chi connectivity index (χ1v) is 4.49. The summed E-state index contributed by atoms with van der Waals surface area (Å²) in [5.41, 5.74) is 6.77. The van der Waals surface area contributed by atoms with Gasteiger partial charge in [-0.2, -0.15) is 5.11 Å². The standard InChI is InChI=1S/C8H10F2N2S/c9-6-3-1-2-5(8(6)10)7(4-13)12-11/h3-5,7-8,11H,1-2H2. The van der Waals surface area contributed by atoms with Gasteiger partial charge in [0.05, 0.1) is 0 Å². The number of halogens is 2. The van der Waals surface area contributed by atoms with Crippen molar-refractivity contribution in [2.45, 2.75) is 25.1 Å². The summed E-state index contributed by atoms with van der Waals surface area (Å²) in [6.07, 6.45) is 0.582. The summed E-state index contributed by atoms with van der Waals surface area (Å²) in [5, 5.41) is 4.40. The fourth-order valence-corrected chi connectivity index (χ4v) is 1.71. The molecule has 0 amide bonds. The number of hydrogen-bond acceptors (Lipinski definition) is 3. The van der Waals surface area contributed by atoms with E-state index in [-0.39, 0.29) is 0 Å². The van der Waals surface area contributed by atoms with Crippen LogP contribution in [-0.2, 0) is 0 Å². The van der Waals surface area contributed by atoms with Gasteiger partial charge in [-0.3, -0.25) is 0 Å². The third-order valence-corrected chi connectivity index (χ3v) is 2.48. The van der Waals surface area contributed by atoms with Gasteiger partial charge in [-0.15, -0.1) is 0 Å². The van der Waals surface area contributed by atoms with Crippen LogP contribution in [0.5, 0.6) is 0 Å². The Morgan fingerprint density at radius 3 is 3.00 bits per heavy atom. The Labute approximate surface area is 80.5 Å². The largest absolute Gasteiger partial charge is 0.239 e. The summed E-state index contributed by atoms with van der Waals surface area (Å²) in [7, 11) is 0. The molecule has 0 aromatic rings. The van der Waals surface area contributed by atoms with E-state index in [0.29, 0.717) is 12.8 Å². The van der Waals surface area contributed by atoms with Crippen molar-refractivity contribution in [2.75, 3.05) is 0 Å². The molecule has 3 unspecified atom stereocenters. The van der Waals surface area contributed by atoms with Crippen LogP contribution in [0.1, 0.15) is 12.8 Å². The molecule has 0 aromatic heterocycles. The number of nitrogens with one attached hydrogen (secondary N) is 1. The minimum Gasteiger partial charge on any atom is -0.239 e. The van der Waals surface area contributed by atoms with Crippen LogP contribution in [0.15, 0.2) is 17.0 Å². The van der Waals surface area contributed by atoms with Crippen molar-refractivity contribution in [3.63, 3.8) is 0 Å². The summed E-state index contributed by atoms with van der Waals surface area (Å²) in [6.45, 7) is 0. The molecule has 1 N–H and O–H groups in total. The van der Waals surface area contributed by atoms with Gasteiger partial charge in [0, 0.05) is 11.3 Å². The summed E-state index contributed by atoms with van der Waals surface area (Å²) < 4.78 is 26.0. The van der Waals surface area contributed by atoms with Gasteiger partial charge in [-0.1, -0.05) is 12.2 Å². The molecule has 0 spiro atoms. The van der Waals surface area contributed by atoms with Crippen LogP contribution in [0.3, 0.4) is 0 Å². The van der Waals surface area contributed by atoms with E-state index in [0.717, 1.165) is 0 Å².